The lowest BCUT2D eigenvalue weighted by Gasteiger charge is -1.91. The maximum atomic E-state index is 10.3. The molecule has 0 saturated heterocycles. The molecule has 0 spiro atoms. The fraction of sp³-hybridized carbons (Fsp3) is 0.500. The molecule has 0 aromatic heterocycles. The Labute approximate surface area is 67.0 Å². The number of allylic oxidation sites excluding steroid dienone is 2. The highest BCUT2D eigenvalue weighted by Crippen LogP contribution is 1.85. The highest BCUT2D eigenvalue weighted by Gasteiger charge is 1.89. The van der Waals surface area contributed by atoms with Crippen LogP contribution in [0.3, 0.4) is 0 Å². The van der Waals surface area contributed by atoms with Crippen molar-refractivity contribution in [1.82, 2.24) is 0 Å². The average molecular weight is 154 g/mol. The summed E-state index contributed by atoms with van der Waals surface area (Å²) in [4.78, 5) is 14.3. The first-order valence-electron chi connectivity index (χ1n) is 3.64. The number of rotatable bonds is 4. The Morgan fingerprint density at radius 1 is 1.64 bits per heavy atom. The maximum absolute atomic E-state index is 10.3. The van der Waals surface area contributed by atoms with Crippen LogP contribution in [0.25, 0.3) is 0 Å². The summed E-state index contributed by atoms with van der Waals surface area (Å²) in [5.41, 5.74) is 6.39. The van der Waals surface area contributed by atoms with Crippen LogP contribution in [0.1, 0.15) is 20.3 Å². The molecule has 2 N–H and O–H groups in total. The van der Waals surface area contributed by atoms with Crippen LogP contribution >= 0.6 is 0 Å². The molecule has 3 heteroatoms. The van der Waals surface area contributed by atoms with Crippen molar-refractivity contribution in [1.29, 1.82) is 0 Å². The van der Waals surface area contributed by atoms with Gasteiger partial charge in [0.05, 0.1) is 5.71 Å². The molecule has 0 aliphatic carbocycles. The number of aliphatic imine (C=N–C) groups is 1. The molecular weight excluding hydrogens is 140 g/mol. The summed E-state index contributed by atoms with van der Waals surface area (Å²) in [6.07, 6.45) is 3.23. The smallest absolute Gasteiger partial charge is 0.168 e. The van der Waals surface area contributed by atoms with Crippen molar-refractivity contribution >= 4 is 12.0 Å². The largest absolute Gasteiger partial charge is 0.402 e. The number of aldehydes is 1. The molecule has 3 nitrogen and oxygen atoms in total. The Hall–Kier alpha value is -1.12. The Morgan fingerprint density at radius 3 is 2.64 bits per heavy atom. The van der Waals surface area contributed by atoms with Gasteiger partial charge >= 0.3 is 0 Å². The molecule has 0 aliphatic rings. The van der Waals surface area contributed by atoms with Crippen LogP contribution in [0, 0.1) is 0 Å². The second kappa shape index (κ2) is 5.65. The Balaban J connectivity index is 4.16. The fourth-order valence-corrected chi connectivity index (χ4v) is 0.591. The molecule has 0 fully saturated rings. The van der Waals surface area contributed by atoms with Crippen molar-refractivity contribution in [3.8, 4) is 0 Å². The van der Waals surface area contributed by atoms with Crippen LogP contribution in [0.15, 0.2) is 16.8 Å². The third kappa shape index (κ3) is 5.33. The van der Waals surface area contributed by atoms with Crippen LogP contribution in [-0.2, 0) is 4.79 Å². The quantitative estimate of drug-likeness (QED) is 0.483. The van der Waals surface area contributed by atoms with Gasteiger partial charge in [0.2, 0.25) is 0 Å². The second-order valence-electron chi connectivity index (χ2n) is 2.31. The molecule has 0 aromatic rings. The molecule has 0 aromatic carbocycles. The highest BCUT2D eigenvalue weighted by atomic mass is 16.1. The van der Waals surface area contributed by atoms with Crippen molar-refractivity contribution in [3.05, 3.63) is 11.8 Å². The molecule has 0 amide bonds. The normalized spacial score (nSPS) is 13.3. The van der Waals surface area contributed by atoms with E-state index in [2.05, 4.69) is 4.99 Å². The standard InChI is InChI=1S/C8H14N2O/c1-3-4-10-8(6-11)5-7(2)9/h5-6H,3-4,9H2,1-2H3/b7-5-,10-8?. The van der Waals surface area contributed by atoms with Crippen molar-refractivity contribution in [2.75, 3.05) is 6.54 Å². The van der Waals surface area contributed by atoms with Gasteiger partial charge in [-0.3, -0.25) is 9.79 Å². The number of hydrogen-bond acceptors (Lipinski definition) is 3. The van der Waals surface area contributed by atoms with Crippen LogP contribution in [-0.4, -0.2) is 18.5 Å². The van der Waals surface area contributed by atoms with E-state index in [1.54, 1.807) is 13.0 Å². The van der Waals surface area contributed by atoms with Crippen LogP contribution in [0.5, 0.6) is 0 Å². The monoisotopic (exact) mass is 154 g/mol. The minimum Gasteiger partial charge on any atom is -0.402 e. The van der Waals surface area contributed by atoms with Gasteiger partial charge in [-0.25, -0.2) is 0 Å². The lowest BCUT2D eigenvalue weighted by molar-refractivity contribution is -0.102. The third-order valence-corrected chi connectivity index (χ3v) is 1.01. The molecular formula is C8H14N2O. The fourth-order valence-electron chi connectivity index (χ4n) is 0.591. The first kappa shape index (κ1) is 9.88. The third-order valence-electron chi connectivity index (χ3n) is 1.01. The van der Waals surface area contributed by atoms with E-state index in [9.17, 15) is 4.79 Å². The molecule has 0 unspecified atom stereocenters. The summed E-state index contributed by atoms with van der Waals surface area (Å²) >= 11 is 0. The van der Waals surface area contributed by atoms with Crippen LogP contribution < -0.4 is 5.73 Å². The van der Waals surface area contributed by atoms with Crippen LogP contribution in [0.4, 0.5) is 0 Å². The van der Waals surface area contributed by atoms with E-state index in [0.29, 0.717) is 24.2 Å². The van der Waals surface area contributed by atoms with Gasteiger partial charge in [0, 0.05) is 12.2 Å². The molecule has 62 valence electrons. The number of carbonyl (C=O) groups excluding carboxylic acids is 1. The van der Waals surface area contributed by atoms with Gasteiger partial charge in [0.25, 0.3) is 0 Å². The first-order valence-corrected chi connectivity index (χ1v) is 3.64. The zero-order valence-electron chi connectivity index (χ0n) is 7.00. The van der Waals surface area contributed by atoms with Gasteiger partial charge in [0.1, 0.15) is 0 Å². The van der Waals surface area contributed by atoms with Crippen molar-refractivity contribution in [3.63, 3.8) is 0 Å². The summed E-state index contributed by atoms with van der Waals surface area (Å²) in [7, 11) is 0. The van der Waals surface area contributed by atoms with Gasteiger partial charge in [-0.05, 0) is 19.4 Å². The van der Waals surface area contributed by atoms with Crippen molar-refractivity contribution < 1.29 is 4.79 Å². The van der Waals surface area contributed by atoms with E-state index in [-0.39, 0.29) is 0 Å². The predicted octanol–water partition coefficient (Wildman–Crippen LogP) is 0.899. The molecule has 0 rings (SSSR count). The van der Waals surface area contributed by atoms with Crippen molar-refractivity contribution in [2.45, 2.75) is 20.3 Å². The van der Waals surface area contributed by atoms with E-state index < -0.39 is 0 Å². The van der Waals surface area contributed by atoms with Gasteiger partial charge < -0.3 is 5.73 Å². The van der Waals surface area contributed by atoms with Gasteiger partial charge in [-0.1, -0.05) is 6.92 Å². The van der Waals surface area contributed by atoms with E-state index in [0.717, 1.165) is 6.42 Å². The number of nitrogens with zero attached hydrogens (tertiary/aromatic N) is 1. The van der Waals surface area contributed by atoms with Gasteiger partial charge in [0.15, 0.2) is 6.29 Å². The minimum absolute atomic E-state index is 0.423. The summed E-state index contributed by atoms with van der Waals surface area (Å²) in [5, 5.41) is 0. The minimum atomic E-state index is 0.423. The Morgan fingerprint density at radius 2 is 2.27 bits per heavy atom. The Bertz CT molecular complexity index is 179. The lowest BCUT2D eigenvalue weighted by atomic mass is 10.3. The molecule has 0 aliphatic heterocycles. The summed E-state index contributed by atoms with van der Waals surface area (Å²) in [5.74, 6) is 0. The average Bonchev–Trinajstić information content (AvgIpc) is 1.97. The molecule has 11 heavy (non-hydrogen) atoms. The molecule has 0 radical (unpaired) electrons. The zero-order valence-corrected chi connectivity index (χ0v) is 7.00. The molecule has 0 bridgehead atoms. The van der Waals surface area contributed by atoms with Gasteiger partial charge in [-0.2, -0.15) is 0 Å². The van der Waals surface area contributed by atoms with E-state index in [4.69, 9.17) is 5.73 Å². The van der Waals surface area contributed by atoms with Gasteiger partial charge in [-0.15, -0.1) is 0 Å². The van der Waals surface area contributed by atoms with Crippen LogP contribution in [0.2, 0.25) is 0 Å². The Kier molecular flexibility index (Phi) is 5.07. The molecule has 0 heterocycles. The topological polar surface area (TPSA) is 55.5 Å². The second-order valence-corrected chi connectivity index (χ2v) is 2.31. The summed E-state index contributed by atoms with van der Waals surface area (Å²) in [6.45, 7) is 4.41. The number of carbonyl (C=O) groups is 1. The SMILES string of the molecule is CCCN=C(C=O)/C=C(/C)N. The molecule has 0 atom stereocenters. The van der Waals surface area contributed by atoms with Crippen molar-refractivity contribution in [2.24, 2.45) is 10.7 Å². The predicted molar refractivity (Wildman–Crippen MR) is 46.6 cm³/mol. The first-order chi connectivity index (χ1) is 5.20. The molecule has 0 saturated carbocycles. The highest BCUT2D eigenvalue weighted by molar-refractivity contribution is 6.33. The van der Waals surface area contributed by atoms with E-state index in [1.807, 2.05) is 6.92 Å². The number of nitrogens with two attached hydrogens (primary N) is 1. The van der Waals surface area contributed by atoms with E-state index >= 15 is 0 Å². The zero-order chi connectivity index (χ0) is 8.69. The van der Waals surface area contributed by atoms with E-state index in [1.165, 1.54) is 0 Å². The lowest BCUT2D eigenvalue weighted by Crippen LogP contribution is -2.01. The summed E-state index contributed by atoms with van der Waals surface area (Å²) < 4.78 is 0. The summed E-state index contributed by atoms with van der Waals surface area (Å²) in [6, 6.07) is 0. The maximum Gasteiger partial charge on any atom is 0.168 e. The number of hydrogen-bond donors (Lipinski definition) is 1.